The van der Waals surface area contributed by atoms with E-state index >= 15 is 0 Å². The lowest BCUT2D eigenvalue weighted by Crippen LogP contribution is -2.34. The van der Waals surface area contributed by atoms with Crippen LogP contribution in [0.3, 0.4) is 0 Å². The first kappa shape index (κ1) is 20.7. The Kier molecular flexibility index (Phi) is 5.61. The van der Waals surface area contributed by atoms with Crippen LogP contribution in [0.4, 0.5) is 11.4 Å². The summed E-state index contributed by atoms with van der Waals surface area (Å²) in [7, 11) is 1.78. The summed E-state index contributed by atoms with van der Waals surface area (Å²) in [5.41, 5.74) is 0.600. The smallest absolute Gasteiger partial charge is 0.311 e. The molecule has 1 fully saturated rings. The standard InChI is InChI=1S/C20H17N3O7/c1-21-10-14(6-12-2-4-18(24)16(8-12)22(27)28)20(26)15(11-21)7-13-3-5-19(25)17(9-13)23(29)30/h2-9,24-25H,10-11H2,1H3/b14-6-,15-7+. The topological polar surface area (TPSA) is 147 Å². The van der Waals surface area contributed by atoms with E-state index in [0.717, 1.165) is 0 Å². The van der Waals surface area contributed by atoms with Crippen LogP contribution in [-0.2, 0) is 4.79 Å². The van der Waals surface area contributed by atoms with Crippen LogP contribution >= 0.6 is 0 Å². The number of hydrogen-bond donors (Lipinski definition) is 2. The summed E-state index contributed by atoms with van der Waals surface area (Å²) >= 11 is 0. The molecule has 1 saturated heterocycles. The number of likely N-dealkylation sites (tertiary alicyclic amines) is 1. The van der Waals surface area contributed by atoms with Gasteiger partial charge in [0.05, 0.1) is 9.85 Å². The Bertz CT molecular complexity index is 1040. The zero-order valence-corrected chi connectivity index (χ0v) is 15.8. The van der Waals surface area contributed by atoms with Crippen molar-refractivity contribution < 1.29 is 24.9 Å². The highest BCUT2D eigenvalue weighted by atomic mass is 16.6. The Morgan fingerprint density at radius 3 is 1.63 bits per heavy atom. The number of likely N-dealkylation sites (N-methyl/N-ethyl adjacent to an activating group) is 1. The van der Waals surface area contributed by atoms with Gasteiger partial charge in [0.25, 0.3) is 0 Å². The fraction of sp³-hybridized carbons (Fsp3) is 0.150. The number of nitrogens with zero attached hydrogens (tertiary/aromatic N) is 3. The number of carbonyl (C=O) groups excluding carboxylic acids is 1. The van der Waals surface area contributed by atoms with E-state index in [9.17, 15) is 35.2 Å². The normalized spacial score (nSPS) is 17.4. The van der Waals surface area contributed by atoms with Crippen LogP contribution in [-0.4, -0.2) is 50.9 Å². The fourth-order valence-corrected chi connectivity index (χ4v) is 3.17. The summed E-state index contributed by atoms with van der Waals surface area (Å²) < 4.78 is 0. The lowest BCUT2D eigenvalue weighted by Gasteiger charge is -2.26. The monoisotopic (exact) mass is 411 g/mol. The maximum Gasteiger partial charge on any atom is 0.311 e. The van der Waals surface area contributed by atoms with E-state index in [1.54, 1.807) is 7.05 Å². The lowest BCUT2D eigenvalue weighted by atomic mass is 9.94. The highest BCUT2D eigenvalue weighted by Gasteiger charge is 2.25. The second-order valence-electron chi connectivity index (χ2n) is 6.85. The summed E-state index contributed by atoms with van der Waals surface area (Å²) in [5, 5.41) is 41.2. The van der Waals surface area contributed by atoms with E-state index in [-0.39, 0.29) is 5.78 Å². The van der Waals surface area contributed by atoms with Crippen LogP contribution in [0.1, 0.15) is 11.1 Å². The van der Waals surface area contributed by atoms with Gasteiger partial charge in [-0.3, -0.25) is 29.9 Å². The van der Waals surface area contributed by atoms with Crippen molar-refractivity contribution in [2.45, 2.75) is 0 Å². The van der Waals surface area contributed by atoms with E-state index in [2.05, 4.69) is 0 Å². The number of benzene rings is 2. The first-order chi connectivity index (χ1) is 14.2. The zero-order chi connectivity index (χ0) is 22.0. The van der Waals surface area contributed by atoms with Gasteiger partial charge in [-0.05, 0) is 42.5 Å². The first-order valence-electron chi connectivity index (χ1n) is 8.75. The number of aromatic hydroxyl groups is 2. The lowest BCUT2D eigenvalue weighted by molar-refractivity contribution is -0.386. The molecular weight excluding hydrogens is 394 g/mol. The van der Waals surface area contributed by atoms with Gasteiger partial charge >= 0.3 is 11.4 Å². The van der Waals surface area contributed by atoms with Gasteiger partial charge in [-0.25, -0.2) is 0 Å². The molecule has 0 aromatic heterocycles. The Balaban J connectivity index is 1.98. The molecule has 2 N–H and O–H groups in total. The molecule has 0 atom stereocenters. The number of phenols is 2. The number of ketones is 1. The van der Waals surface area contributed by atoms with Crippen LogP contribution in [0.15, 0.2) is 47.5 Å². The number of carbonyl (C=O) groups is 1. The molecule has 0 spiro atoms. The van der Waals surface area contributed by atoms with Gasteiger partial charge in [-0.1, -0.05) is 12.1 Å². The highest BCUT2D eigenvalue weighted by Crippen LogP contribution is 2.30. The number of phenolic OH excluding ortho intramolecular Hbond substituents is 2. The molecule has 0 unspecified atom stereocenters. The number of hydrogen-bond acceptors (Lipinski definition) is 8. The molecule has 0 bridgehead atoms. The predicted molar refractivity (Wildman–Crippen MR) is 108 cm³/mol. The number of nitro benzene ring substituents is 2. The Morgan fingerprint density at radius 1 is 0.867 bits per heavy atom. The summed E-state index contributed by atoms with van der Waals surface area (Å²) in [6.07, 6.45) is 3.02. The highest BCUT2D eigenvalue weighted by molar-refractivity contribution is 6.14. The Hall–Kier alpha value is -4.05. The van der Waals surface area contributed by atoms with Crippen molar-refractivity contribution in [3.8, 4) is 11.5 Å². The van der Waals surface area contributed by atoms with Crippen molar-refractivity contribution in [2.75, 3.05) is 20.1 Å². The van der Waals surface area contributed by atoms with E-state index in [1.807, 2.05) is 4.90 Å². The van der Waals surface area contributed by atoms with Crippen LogP contribution in [0.25, 0.3) is 12.2 Å². The number of nitro groups is 2. The second-order valence-corrected chi connectivity index (χ2v) is 6.85. The van der Waals surface area contributed by atoms with Gasteiger partial charge in [-0.2, -0.15) is 0 Å². The van der Waals surface area contributed by atoms with Crippen molar-refractivity contribution in [1.82, 2.24) is 4.90 Å². The molecular formula is C20H17N3O7. The van der Waals surface area contributed by atoms with Crippen molar-refractivity contribution in [3.63, 3.8) is 0 Å². The molecule has 2 aromatic rings. The molecule has 3 rings (SSSR count). The molecule has 1 heterocycles. The summed E-state index contributed by atoms with van der Waals surface area (Å²) in [6.45, 7) is 0.612. The van der Waals surface area contributed by atoms with Gasteiger partial charge in [0.2, 0.25) is 0 Å². The average molecular weight is 411 g/mol. The van der Waals surface area contributed by atoms with E-state index in [4.69, 9.17) is 0 Å². The third kappa shape index (κ3) is 4.33. The maximum atomic E-state index is 12.9. The minimum absolute atomic E-state index is 0.292. The average Bonchev–Trinajstić information content (AvgIpc) is 2.68. The second kappa shape index (κ2) is 8.13. The molecule has 0 amide bonds. The van der Waals surface area contributed by atoms with Crippen molar-refractivity contribution in [1.29, 1.82) is 0 Å². The van der Waals surface area contributed by atoms with E-state index in [1.165, 1.54) is 48.6 Å². The molecule has 10 nitrogen and oxygen atoms in total. The minimum atomic E-state index is -0.713. The molecule has 154 valence electrons. The number of rotatable bonds is 4. The molecule has 1 aliphatic rings. The molecule has 0 saturated carbocycles. The zero-order valence-electron chi connectivity index (χ0n) is 15.8. The van der Waals surface area contributed by atoms with Gasteiger partial charge in [-0.15, -0.1) is 0 Å². The minimum Gasteiger partial charge on any atom is -0.502 e. The van der Waals surface area contributed by atoms with E-state index < -0.39 is 32.7 Å². The fourth-order valence-electron chi connectivity index (χ4n) is 3.17. The van der Waals surface area contributed by atoms with Crippen LogP contribution in [0.5, 0.6) is 11.5 Å². The van der Waals surface area contributed by atoms with Gasteiger partial charge < -0.3 is 10.2 Å². The quantitative estimate of drug-likeness (QED) is 0.443. The molecule has 0 aliphatic carbocycles. The maximum absolute atomic E-state index is 12.9. The molecule has 0 radical (unpaired) electrons. The third-order valence-corrected chi connectivity index (χ3v) is 4.54. The van der Waals surface area contributed by atoms with Crippen LogP contribution < -0.4 is 0 Å². The number of piperidine rings is 1. The Morgan fingerprint density at radius 2 is 1.27 bits per heavy atom. The van der Waals surface area contributed by atoms with Gasteiger partial charge in [0, 0.05) is 36.4 Å². The van der Waals surface area contributed by atoms with Gasteiger partial charge in [0.15, 0.2) is 17.3 Å². The largest absolute Gasteiger partial charge is 0.502 e. The summed E-state index contributed by atoms with van der Waals surface area (Å²) in [5.74, 6) is -1.23. The van der Waals surface area contributed by atoms with E-state index in [0.29, 0.717) is 35.4 Å². The van der Waals surface area contributed by atoms with Crippen molar-refractivity contribution in [3.05, 3.63) is 78.9 Å². The van der Waals surface area contributed by atoms with Crippen molar-refractivity contribution in [2.24, 2.45) is 0 Å². The molecule has 1 aliphatic heterocycles. The predicted octanol–water partition coefficient (Wildman–Crippen LogP) is 2.90. The van der Waals surface area contributed by atoms with Crippen LogP contribution in [0, 0.1) is 20.2 Å². The summed E-state index contributed by atoms with van der Waals surface area (Å²) in [6, 6.07) is 7.66. The third-order valence-electron chi connectivity index (χ3n) is 4.54. The molecule has 10 heteroatoms. The molecule has 2 aromatic carbocycles. The molecule has 30 heavy (non-hydrogen) atoms. The van der Waals surface area contributed by atoms with Gasteiger partial charge in [0.1, 0.15) is 0 Å². The Labute approximate surface area is 170 Å². The number of Topliss-reactive ketones (excluding diaryl/α,β-unsaturated/α-hetero) is 1. The summed E-state index contributed by atoms with van der Waals surface area (Å²) in [4.78, 5) is 35.4. The van der Waals surface area contributed by atoms with Crippen LogP contribution in [0.2, 0.25) is 0 Å². The first-order valence-corrected chi connectivity index (χ1v) is 8.75. The SMILES string of the molecule is CN1C/C(=C/c2ccc(O)c([N+](=O)[O-])c2)C(=O)/C(=C/c2ccc(O)c([N+](=O)[O-])c2)C1. The van der Waals surface area contributed by atoms with Crippen molar-refractivity contribution >= 4 is 29.3 Å².